The van der Waals surface area contributed by atoms with Crippen molar-refractivity contribution in [3.05, 3.63) is 10.8 Å². The van der Waals surface area contributed by atoms with Crippen LogP contribution in [-0.2, 0) is 4.74 Å². The van der Waals surface area contributed by atoms with Gasteiger partial charge in [-0.15, -0.1) is 0 Å². The van der Waals surface area contributed by atoms with E-state index in [-0.39, 0.29) is 28.4 Å². The summed E-state index contributed by atoms with van der Waals surface area (Å²) in [5, 5.41) is 15.4. The van der Waals surface area contributed by atoms with Crippen LogP contribution in [0.1, 0.15) is 56.9 Å². The molecule has 1 aromatic heterocycles. The number of nitrogens with one attached hydrogen (secondary N) is 4. The first-order valence-electron chi connectivity index (χ1n) is 9.18. The van der Waals surface area contributed by atoms with Crippen molar-refractivity contribution in [1.82, 2.24) is 25.9 Å². The Balaban J connectivity index is 2.16. The van der Waals surface area contributed by atoms with Gasteiger partial charge in [0.1, 0.15) is 5.60 Å². The zero-order chi connectivity index (χ0) is 22.0. The third kappa shape index (κ3) is 9.79. The van der Waals surface area contributed by atoms with Gasteiger partial charge in [-0.25, -0.2) is 14.8 Å². The van der Waals surface area contributed by atoms with E-state index in [1.54, 1.807) is 0 Å². The van der Waals surface area contributed by atoms with E-state index in [1.165, 1.54) is 0 Å². The van der Waals surface area contributed by atoms with Crippen LogP contribution in [0.4, 0.5) is 16.4 Å². The molecule has 12 heteroatoms. The first kappa shape index (κ1) is 24.2. The molecule has 0 radical (unpaired) electrons. The summed E-state index contributed by atoms with van der Waals surface area (Å²) >= 11 is 5.73. The first-order valence-corrected chi connectivity index (χ1v) is 9.56. The topological polar surface area (TPSA) is 181 Å². The minimum atomic E-state index is -0.706. The number of hydrogen-bond acceptors (Lipinski definition) is 8. The fourth-order valence-corrected chi connectivity index (χ4v) is 2.27. The summed E-state index contributed by atoms with van der Waals surface area (Å²) in [4.78, 5) is 31.0. The van der Waals surface area contributed by atoms with Crippen molar-refractivity contribution in [3.8, 4) is 0 Å². The molecule has 11 nitrogen and oxygen atoms in total. The Morgan fingerprint density at radius 2 is 1.62 bits per heavy atom. The quantitative estimate of drug-likeness (QED) is 0.205. The van der Waals surface area contributed by atoms with Crippen LogP contribution >= 0.6 is 11.6 Å². The van der Waals surface area contributed by atoms with Crippen molar-refractivity contribution in [2.24, 2.45) is 0 Å². The fourth-order valence-electron chi connectivity index (χ4n) is 2.15. The highest BCUT2D eigenvalue weighted by Crippen LogP contribution is 2.17. The molecule has 1 aromatic rings. The third-order valence-corrected chi connectivity index (χ3v) is 3.71. The van der Waals surface area contributed by atoms with Crippen LogP contribution in [0, 0.1) is 5.41 Å². The molecule has 0 saturated heterocycles. The molecular weight excluding hydrogens is 400 g/mol. The SMILES string of the molecule is CC(C)(C)OC(=O)NCCCCCCNC(=N)NC(=O)c1nc(Cl)c(N)nc1N. The number of carbonyl (C=O) groups is 2. The van der Waals surface area contributed by atoms with E-state index < -0.39 is 17.6 Å². The summed E-state index contributed by atoms with van der Waals surface area (Å²) in [5.74, 6) is -1.13. The van der Waals surface area contributed by atoms with Crippen LogP contribution in [0.5, 0.6) is 0 Å². The number of halogens is 1. The summed E-state index contributed by atoms with van der Waals surface area (Å²) in [6, 6.07) is 0. The van der Waals surface area contributed by atoms with E-state index in [9.17, 15) is 9.59 Å². The van der Waals surface area contributed by atoms with E-state index in [0.29, 0.717) is 13.1 Å². The van der Waals surface area contributed by atoms with Crippen LogP contribution in [0.25, 0.3) is 0 Å². The molecule has 8 N–H and O–H groups in total. The number of anilines is 2. The van der Waals surface area contributed by atoms with Crippen LogP contribution < -0.4 is 27.4 Å². The number of amides is 2. The predicted molar refractivity (Wildman–Crippen MR) is 112 cm³/mol. The monoisotopic (exact) mass is 428 g/mol. The largest absolute Gasteiger partial charge is 0.444 e. The third-order valence-electron chi connectivity index (χ3n) is 3.43. The molecule has 0 aliphatic rings. The first-order chi connectivity index (χ1) is 13.5. The van der Waals surface area contributed by atoms with Crippen molar-refractivity contribution in [2.45, 2.75) is 52.1 Å². The maximum atomic E-state index is 12.1. The Morgan fingerprint density at radius 3 is 2.21 bits per heavy atom. The second kappa shape index (κ2) is 11.2. The van der Waals surface area contributed by atoms with Crippen molar-refractivity contribution in [1.29, 1.82) is 5.41 Å². The lowest BCUT2D eigenvalue weighted by Gasteiger charge is -2.19. The number of guanidine groups is 1. The van der Waals surface area contributed by atoms with Gasteiger partial charge < -0.3 is 26.8 Å². The zero-order valence-corrected chi connectivity index (χ0v) is 17.7. The molecule has 162 valence electrons. The number of nitrogens with two attached hydrogens (primary N) is 2. The molecule has 0 unspecified atom stereocenters. The van der Waals surface area contributed by atoms with Gasteiger partial charge in [0.15, 0.2) is 28.4 Å². The summed E-state index contributed by atoms with van der Waals surface area (Å²) in [7, 11) is 0. The number of nitrogen functional groups attached to an aromatic ring is 2. The van der Waals surface area contributed by atoms with Crippen LogP contribution in [0.2, 0.25) is 5.15 Å². The average molecular weight is 429 g/mol. The van der Waals surface area contributed by atoms with Gasteiger partial charge in [-0.3, -0.25) is 15.5 Å². The lowest BCUT2D eigenvalue weighted by Crippen LogP contribution is -2.41. The van der Waals surface area contributed by atoms with Gasteiger partial charge in [0, 0.05) is 13.1 Å². The summed E-state index contributed by atoms with van der Waals surface area (Å²) in [5.41, 5.74) is 10.3. The summed E-state index contributed by atoms with van der Waals surface area (Å²) < 4.78 is 5.14. The number of carbonyl (C=O) groups excluding carboxylic acids is 2. The molecule has 0 aliphatic carbocycles. The Morgan fingerprint density at radius 1 is 1.03 bits per heavy atom. The van der Waals surface area contributed by atoms with Crippen LogP contribution in [-0.4, -0.2) is 46.6 Å². The highest BCUT2D eigenvalue weighted by Gasteiger charge is 2.17. The van der Waals surface area contributed by atoms with E-state index in [0.717, 1.165) is 25.7 Å². The molecule has 0 bridgehead atoms. The number of ether oxygens (including phenoxy) is 1. The van der Waals surface area contributed by atoms with E-state index in [2.05, 4.69) is 25.9 Å². The summed E-state index contributed by atoms with van der Waals surface area (Å²) in [6.07, 6.45) is 3.00. The molecule has 1 rings (SSSR count). The second-order valence-electron chi connectivity index (χ2n) is 7.23. The van der Waals surface area contributed by atoms with Crippen molar-refractivity contribution in [2.75, 3.05) is 24.6 Å². The van der Waals surface area contributed by atoms with Gasteiger partial charge in [-0.1, -0.05) is 24.4 Å². The van der Waals surface area contributed by atoms with Crippen molar-refractivity contribution in [3.63, 3.8) is 0 Å². The van der Waals surface area contributed by atoms with E-state index in [4.69, 9.17) is 33.2 Å². The Kier molecular flexibility index (Phi) is 9.39. The number of alkyl carbamates (subject to hydrolysis) is 1. The highest BCUT2D eigenvalue weighted by molar-refractivity contribution is 6.31. The maximum absolute atomic E-state index is 12.1. The Labute approximate surface area is 174 Å². The number of rotatable bonds is 8. The smallest absolute Gasteiger partial charge is 0.407 e. The fraction of sp³-hybridized carbons (Fsp3) is 0.588. The highest BCUT2D eigenvalue weighted by atomic mass is 35.5. The van der Waals surface area contributed by atoms with Gasteiger partial charge >= 0.3 is 6.09 Å². The second-order valence-corrected chi connectivity index (χ2v) is 7.59. The van der Waals surface area contributed by atoms with Gasteiger partial charge in [0.05, 0.1) is 0 Å². The van der Waals surface area contributed by atoms with Crippen LogP contribution in [0.15, 0.2) is 0 Å². The van der Waals surface area contributed by atoms with Gasteiger partial charge in [0.2, 0.25) is 0 Å². The standard InChI is InChI=1S/C17H29ClN8O3/c1-17(2,3)29-16(28)23-9-7-5-4-6-8-22-15(21)26-14(27)10-12(19)25-13(20)11(18)24-10/h4-9H2,1-3H3,(H,23,28)(H4,19,20,25)(H3,21,22,26,27). The van der Waals surface area contributed by atoms with Gasteiger partial charge in [-0.2, -0.15) is 0 Å². The molecule has 0 aromatic carbocycles. The molecule has 0 spiro atoms. The maximum Gasteiger partial charge on any atom is 0.407 e. The summed E-state index contributed by atoms with van der Waals surface area (Å²) in [6.45, 7) is 6.48. The van der Waals surface area contributed by atoms with Crippen molar-refractivity contribution < 1.29 is 14.3 Å². The van der Waals surface area contributed by atoms with E-state index in [1.807, 2.05) is 20.8 Å². The molecule has 29 heavy (non-hydrogen) atoms. The number of hydrogen-bond donors (Lipinski definition) is 6. The molecule has 0 atom stereocenters. The van der Waals surface area contributed by atoms with Gasteiger partial charge in [-0.05, 0) is 33.6 Å². The Hall–Kier alpha value is -2.82. The minimum Gasteiger partial charge on any atom is -0.444 e. The normalized spacial score (nSPS) is 10.9. The molecule has 2 amide bonds. The number of aromatic nitrogens is 2. The number of nitrogens with zero attached hydrogens (tertiary/aromatic N) is 2. The minimum absolute atomic E-state index is 0.0739. The van der Waals surface area contributed by atoms with Crippen LogP contribution in [0.3, 0.4) is 0 Å². The number of unbranched alkanes of at least 4 members (excludes halogenated alkanes) is 3. The average Bonchev–Trinajstić information content (AvgIpc) is 2.58. The lowest BCUT2D eigenvalue weighted by atomic mass is 10.2. The van der Waals surface area contributed by atoms with Gasteiger partial charge in [0.25, 0.3) is 5.91 Å². The molecule has 0 fully saturated rings. The predicted octanol–water partition coefficient (Wildman–Crippen LogP) is 1.63. The van der Waals surface area contributed by atoms with Crippen molar-refractivity contribution >= 4 is 41.2 Å². The molecular formula is C17H29ClN8O3. The molecule has 0 saturated carbocycles. The lowest BCUT2D eigenvalue weighted by molar-refractivity contribution is 0.0526. The molecule has 1 heterocycles. The Bertz CT molecular complexity index is 736. The molecule has 0 aliphatic heterocycles. The zero-order valence-electron chi connectivity index (χ0n) is 16.9. The van der Waals surface area contributed by atoms with E-state index >= 15 is 0 Å².